The molecule has 0 spiro atoms. The van der Waals surface area contributed by atoms with Crippen LogP contribution in [0.15, 0.2) is 17.4 Å². The molecule has 0 amide bonds. The van der Waals surface area contributed by atoms with Gasteiger partial charge in [0.1, 0.15) is 0 Å². The first-order valence-corrected chi connectivity index (χ1v) is 6.71. The molecule has 0 bridgehead atoms. The van der Waals surface area contributed by atoms with E-state index in [1.54, 1.807) is 0 Å². The van der Waals surface area contributed by atoms with Crippen LogP contribution in [0.25, 0.3) is 0 Å². The zero-order valence-electron chi connectivity index (χ0n) is 11.4. The molecule has 1 heteroatoms. The fraction of sp³-hybridized carbons (Fsp3) is 0.800. The van der Waals surface area contributed by atoms with Crippen molar-refractivity contribution < 1.29 is 5.11 Å². The second kappa shape index (κ2) is 9.69. The van der Waals surface area contributed by atoms with Crippen molar-refractivity contribution in [1.29, 1.82) is 0 Å². The zero-order chi connectivity index (χ0) is 12.4. The van der Waals surface area contributed by atoms with Gasteiger partial charge < -0.3 is 5.11 Å². The fourth-order valence-electron chi connectivity index (χ4n) is 1.81. The van der Waals surface area contributed by atoms with Crippen LogP contribution in [0.1, 0.15) is 66.2 Å². The Labute approximate surface area is 101 Å². The molecule has 94 valence electrons. The molecular formula is C15H28O. The third kappa shape index (κ3) is 6.87. The molecule has 0 aliphatic rings. The maximum atomic E-state index is 10.0. The first-order valence-electron chi connectivity index (χ1n) is 6.71. The summed E-state index contributed by atoms with van der Waals surface area (Å²) in [5.74, 6) is 0.290. The summed E-state index contributed by atoms with van der Waals surface area (Å²) < 4.78 is 0. The van der Waals surface area contributed by atoms with Crippen molar-refractivity contribution in [3.8, 4) is 0 Å². The minimum Gasteiger partial charge on any atom is -0.388 e. The SMILES string of the molecule is CC=C=C(CCCCCCC)[C@@H](O)C(C)C. The Morgan fingerprint density at radius 2 is 1.81 bits per heavy atom. The molecule has 0 heterocycles. The van der Waals surface area contributed by atoms with Crippen LogP contribution in [0.5, 0.6) is 0 Å². The number of rotatable bonds is 8. The predicted octanol–water partition coefficient (Wildman–Crippen LogP) is 4.47. The molecule has 0 fully saturated rings. The maximum absolute atomic E-state index is 10.0. The summed E-state index contributed by atoms with van der Waals surface area (Å²) in [5, 5.41) is 10.0. The van der Waals surface area contributed by atoms with Gasteiger partial charge >= 0.3 is 0 Å². The van der Waals surface area contributed by atoms with Crippen LogP contribution in [0, 0.1) is 5.92 Å². The Hall–Kier alpha value is -0.520. The predicted molar refractivity (Wildman–Crippen MR) is 71.5 cm³/mol. The van der Waals surface area contributed by atoms with Crippen LogP contribution < -0.4 is 0 Å². The Morgan fingerprint density at radius 3 is 2.31 bits per heavy atom. The quantitative estimate of drug-likeness (QED) is 0.476. The van der Waals surface area contributed by atoms with Gasteiger partial charge in [-0.1, -0.05) is 46.5 Å². The molecule has 1 N–H and O–H groups in total. The first-order chi connectivity index (χ1) is 7.63. The molecule has 0 saturated carbocycles. The van der Waals surface area contributed by atoms with Crippen LogP contribution in [0.2, 0.25) is 0 Å². The van der Waals surface area contributed by atoms with E-state index in [2.05, 4.69) is 26.5 Å². The number of hydrogen-bond acceptors (Lipinski definition) is 1. The Kier molecular flexibility index (Phi) is 9.37. The van der Waals surface area contributed by atoms with Crippen molar-refractivity contribution in [2.24, 2.45) is 5.92 Å². The normalized spacial score (nSPS) is 12.4. The zero-order valence-corrected chi connectivity index (χ0v) is 11.4. The monoisotopic (exact) mass is 224 g/mol. The van der Waals surface area contributed by atoms with Gasteiger partial charge in [0.2, 0.25) is 0 Å². The molecule has 0 aromatic heterocycles. The van der Waals surface area contributed by atoms with E-state index in [1.165, 1.54) is 32.1 Å². The molecule has 0 aromatic carbocycles. The third-order valence-corrected chi connectivity index (χ3v) is 2.87. The molecule has 0 aliphatic heterocycles. The average molecular weight is 224 g/mol. The summed E-state index contributed by atoms with van der Waals surface area (Å²) >= 11 is 0. The topological polar surface area (TPSA) is 20.2 Å². The van der Waals surface area contributed by atoms with Crippen LogP contribution in [-0.2, 0) is 0 Å². The second-order valence-corrected chi connectivity index (χ2v) is 4.81. The lowest BCUT2D eigenvalue weighted by Crippen LogP contribution is -2.17. The van der Waals surface area contributed by atoms with Gasteiger partial charge in [-0.05, 0) is 37.3 Å². The molecule has 0 unspecified atom stereocenters. The summed E-state index contributed by atoms with van der Waals surface area (Å²) in [7, 11) is 0. The largest absolute Gasteiger partial charge is 0.388 e. The summed E-state index contributed by atoms with van der Waals surface area (Å²) in [6, 6.07) is 0. The van der Waals surface area contributed by atoms with Crippen molar-refractivity contribution in [2.75, 3.05) is 0 Å². The van der Waals surface area contributed by atoms with Gasteiger partial charge in [0, 0.05) is 0 Å². The highest BCUT2D eigenvalue weighted by atomic mass is 16.3. The van der Waals surface area contributed by atoms with Crippen molar-refractivity contribution in [3.63, 3.8) is 0 Å². The molecular weight excluding hydrogens is 196 g/mol. The highest BCUT2D eigenvalue weighted by Gasteiger charge is 2.13. The Morgan fingerprint density at radius 1 is 1.19 bits per heavy atom. The number of hydrogen-bond donors (Lipinski definition) is 1. The number of aliphatic hydroxyl groups is 1. The van der Waals surface area contributed by atoms with Gasteiger partial charge in [0.15, 0.2) is 0 Å². The van der Waals surface area contributed by atoms with Gasteiger partial charge in [-0.25, -0.2) is 0 Å². The molecule has 0 saturated heterocycles. The highest BCUT2D eigenvalue weighted by Crippen LogP contribution is 2.18. The molecule has 0 aromatic rings. The van der Waals surface area contributed by atoms with E-state index in [1.807, 2.05) is 13.0 Å². The molecule has 16 heavy (non-hydrogen) atoms. The van der Waals surface area contributed by atoms with E-state index in [9.17, 15) is 5.11 Å². The minimum absolute atomic E-state index is 0.290. The van der Waals surface area contributed by atoms with Crippen molar-refractivity contribution in [3.05, 3.63) is 17.4 Å². The summed E-state index contributed by atoms with van der Waals surface area (Å²) in [6.07, 6.45) is 8.97. The average Bonchev–Trinajstić information content (AvgIpc) is 2.26. The van der Waals surface area contributed by atoms with Gasteiger partial charge in [-0.2, -0.15) is 0 Å². The van der Waals surface area contributed by atoms with Crippen molar-refractivity contribution in [2.45, 2.75) is 72.3 Å². The third-order valence-electron chi connectivity index (χ3n) is 2.87. The molecule has 1 atom stereocenters. The smallest absolute Gasteiger partial charge is 0.0846 e. The summed E-state index contributed by atoms with van der Waals surface area (Å²) in [5.41, 5.74) is 4.27. The van der Waals surface area contributed by atoms with Crippen molar-refractivity contribution in [1.82, 2.24) is 0 Å². The molecule has 0 rings (SSSR count). The van der Waals surface area contributed by atoms with Gasteiger partial charge in [0.25, 0.3) is 0 Å². The Bertz CT molecular complexity index is 222. The van der Waals surface area contributed by atoms with Gasteiger partial charge in [-0.15, -0.1) is 5.73 Å². The minimum atomic E-state index is -0.317. The lowest BCUT2D eigenvalue weighted by atomic mass is 9.95. The highest BCUT2D eigenvalue weighted by molar-refractivity contribution is 5.08. The van der Waals surface area contributed by atoms with Gasteiger partial charge in [-0.3, -0.25) is 0 Å². The van der Waals surface area contributed by atoms with E-state index in [0.717, 1.165) is 12.0 Å². The van der Waals surface area contributed by atoms with Crippen LogP contribution >= 0.6 is 0 Å². The van der Waals surface area contributed by atoms with E-state index in [4.69, 9.17) is 0 Å². The summed E-state index contributed by atoms with van der Waals surface area (Å²) in [6.45, 7) is 8.30. The fourth-order valence-corrected chi connectivity index (χ4v) is 1.81. The van der Waals surface area contributed by atoms with E-state index in [0.29, 0.717) is 0 Å². The Balaban J connectivity index is 4.02. The molecule has 0 radical (unpaired) electrons. The standard InChI is InChI=1S/C15H28O/c1-5-7-8-9-10-12-14(11-6-2)15(16)13(3)4/h6,13,15-16H,5,7-10,12H2,1-4H3/t11?,15-/m0/s1. The lowest BCUT2D eigenvalue weighted by molar-refractivity contribution is 0.156. The van der Waals surface area contributed by atoms with Gasteiger partial charge in [0.05, 0.1) is 6.10 Å². The van der Waals surface area contributed by atoms with E-state index < -0.39 is 0 Å². The van der Waals surface area contributed by atoms with Crippen LogP contribution in [0.3, 0.4) is 0 Å². The van der Waals surface area contributed by atoms with Crippen molar-refractivity contribution >= 4 is 0 Å². The van der Waals surface area contributed by atoms with Crippen LogP contribution in [-0.4, -0.2) is 11.2 Å². The number of aliphatic hydroxyl groups excluding tert-OH is 1. The molecule has 1 nitrogen and oxygen atoms in total. The second-order valence-electron chi connectivity index (χ2n) is 4.81. The maximum Gasteiger partial charge on any atom is 0.0846 e. The van der Waals surface area contributed by atoms with E-state index in [-0.39, 0.29) is 12.0 Å². The molecule has 0 aliphatic carbocycles. The number of unbranched alkanes of at least 4 members (excludes halogenated alkanes) is 4. The van der Waals surface area contributed by atoms with E-state index >= 15 is 0 Å². The summed E-state index contributed by atoms with van der Waals surface area (Å²) in [4.78, 5) is 0. The van der Waals surface area contributed by atoms with Crippen LogP contribution in [0.4, 0.5) is 0 Å². The first kappa shape index (κ1) is 15.5. The lowest BCUT2D eigenvalue weighted by Gasteiger charge is -2.16.